The van der Waals surface area contributed by atoms with Crippen molar-refractivity contribution in [3.63, 3.8) is 0 Å². The quantitative estimate of drug-likeness (QED) is 0.475. The lowest BCUT2D eigenvalue weighted by Crippen LogP contribution is -2.35. The second-order valence-electron chi connectivity index (χ2n) is 6.50. The molecule has 2 rings (SSSR count). The molecule has 0 bridgehead atoms. The third-order valence-electron chi connectivity index (χ3n) is 3.34. The average molecular weight is 339 g/mol. The molecule has 126 valence electrons. The van der Waals surface area contributed by atoms with Crippen molar-refractivity contribution in [1.29, 1.82) is 0 Å². The Morgan fingerprint density at radius 3 is 2.83 bits per heavy atom. The van der Waals surface area contributed by atoms with Gasteiger partial charge in [-0.15, -0.1) is 11.8 Å². The summed E-state index contributed by atoms with van der Waals surface area (Å²) in [4.78, 5) is 27.9. The van der Waals surface area contributed by atoms with Crippen LogP contribution in [0.4, 0.5) is 10.5 Å². The fourth-order valence-corrected chi connectivity index (χ4v) is 3.20. The highest BCUT2D eigenvalue weighted by molar-refractivity contribution is 7.99. The number of amides is 1. The zero-order chi connectivity index (χ0) is 17.0. The van der Waals surface area contributed by atoms with Gasteiger partial charge in [-0.25, -0.2) is 9.78 Å². The summed E-state index contributed by atoms with van der Waals surface area (Å²) in [5, 5.41) is 11.3. The first-order chi connectivity index (χ1) is 10.7. The Hall–Kier alpha value is -1.83. The summed E-state index contributed by atoms with van der Waals surface area (Å²) in [5.41, 5.74) is -0.488. The zero-order valence-corrected chi connectivity index (χ0v) is 14.3. The molecule has 1 aromatic heterocycles. The third kappa shape index (κ3) is 5.38. The number of ether oxygens (including phenoxy) is 1. The van der Waals surface area contributed by atoms with Crippen LogP contribution in [0, 0.1) is 16.0 Å². The number of nitro groups is 1. The zero-order valence-electron chi connectivity index (χ0n) is 13.5. The summed E-state index contributed by atoms with van der Waals surface area (Å²) in [5.74, 6) is 1.20. The molecular formula is C15H21N3O4S. The standard InChI is InChI=1S/C15H21N3O4S/c1-15(2,3)22-14(19)17-7-6-11(9-17)10-23-13-5-4-12(8-16-13)18(20)21/h4-5,8,11H,6-7,9-10H2,1-3H3. The molecule has 0 N–H and O–H groups in total. The van der Waals surface area contributed by atoms with Gasteiger partial charge in [0.05, 0.1) is 9.95 Å². The van der Waals surface area contributed by atoms with Crippen molar-refractivity contribution < 1.29 is 14.5 Å². The number of carbonyl (C=O) groups is 1. The van der Waals surface area contributed by atoms with Crippen LogP contribution in [0.25, 0.3) is 0 Å². The summed E-state index contributed by atoms with van der Waals surface area (Å²) in [6, 6.07) is 3.11. The topological polar surface area (TPSA) is 85.6 Å². The molecule has 0 aliphatic carbocycles. The highest BCUT2D eigenvalue weighted by Crippen LogP contribution is 2.26. The lowest BCUT2D eigenvalue weighted by atomic mass is 10.2. The fourth-order valence-electron chi connectivity index (χ4n) is 2.23. The first-order valence-electron chi connectivity index (χ1n) is 7.46. The number of hydrogen-bond donors (Lipinski definition) is 0. The van der Waals surface area contributed by atoms with E-state index >= 15 is 0 Å². The molecule has 8 heteroatoms. The number of hydrogen-bond acceptors (Lipinski definition) is 6. The van der Waals surface area contributed by atoms with Crippen LogP contribution in [0.3, 0.4) is 0 Å². The maximum atomic E-state index is 12.0. The Labute approximate surface area is 139 Å². The lowest BCUT2D eigenvalue weighted by Gasteiger charge is -2.24. The number of thioether (sulfide) groups is 1. The highest BCUT2D eigenvalue weighted by atomic mass is 32.2. The van der Waals surface area contributed by atoms with E-state index in [1.54, 1.807) is 22.7 Å². The minimum Gasteiger partial charge on any atom is -0.444 e. The molecule has 1 aliphatic heterocycles. The molecule has 1 aliphatic rings. The molecule has 0 saturated carbocycles. The Morgan fingerprint density at radius 2 is 2.26 bits per heavy atom. The van der Waals surface area contributed by atoms with Crippen LogP contribution in [0.1, 0.15) is 27.2 Å². The molecule has 1 fully saturated rings. The average Bonchev–Trinajstić information content (AvgIpc) is 2.93. The summed E-state index contributed by atoms with van der Waals surface area (Å²) < 4.78 is 5.37. The van der Waals surface area contributed by atoms with Gasteiger partial charge in [-0.3, -0.25) is 10.1 Å². The van der Waals surface area contributed by atoms with Crippen LogP contribution < -0.4 is 0 Å². The van der Waals surface area contributed by atoms with Crippen molar-refractivity contribution in [2.45, 2.75) is 37.8 Å². The lowest BCUT2D eigenvalue weighted by molar-refractivity contribution is -0.385. The maximum absolute atomic E-state index is 12.0. The van der Waals surface area contributed by atoms with Crippen molar-refractivity contribution in [3.8, 4) is 0 Å². The summed E-state index contributed by atoms with van der Waals surface area (Å²) in [7, 11) is 0. The molecule has 23 heavy (non-hydrogen) atoms. The van der Waals surface area contributed by atoms with Gasteiger partial charge in [0.1, 0.15) is 11.8 Å². The van der Waals surface area contributed by atoms with Crippen LogP contribution in [0.5, 0.6) is 0 Å². The number of aromatic nitrogens is 1. The SMILES string of the molecule is CC(C)(C)OC(=O)N1CCC(CSc2ccc([N+](=O)[O-])cn2)C1. The molecule has 1 aromatic rings. The van der Waals surface area contributed by atoms with Crippen LogP contribution in [-0.2, 0) is 4.74 Å². The summed E-state index contributed by atoms with van der Waals surface area (Å²) >= 11 is 1.55. The second-order valence-corrected chi connectivity index (χ2v) is 7.54. The predicted octanol–water partition coefficient (Wildman–Crippen LogP) is 3.34. The Morgan fingerprint density at radius 1 is 1.52 bits per heavy atom. The van der Waals surface area contributed by atoms with Crippen molar-refractivity contribution in [1.82, 2.24) is 9.88 Å². The van der Waals surface area contributed by atoms with Crippen LogP contribution in [0.2, 0.25) is 0 Å². The van der Waals surface area contributed by atoms with Gasteiger partial charge in [0.2, 0.25) is 0 Å². The molecule has 2 heterocycles. The maximum Gasteiger partial charge on any atom is 0.410 e. The molecule has 7 nitrogen and oxygen atoms in total. The Bertz CT molecular complexity index is 571. The fraction of sp³-hybridized carbons (Fsp3) is 0.600. The third-order valence-corrected chi connectivity index (χ3v) is 4.51. The number of nitrogens with zero attached hydrogens (tertiary/aromatic N) is 3. The number of likely N-dealkylation sites (tertiary alicyclic amines) is 1. The Kier molecular flexibility index (Phi) is 5.46. The van der Waals surface area contributed by atoms with Gasteiger partial charge in [-0.05, 0) is 39.2 Å². The van der Waals surface area contributed by atoms with Gasteiger partial charge in [0.25, 0.3) is 5.69 Å². The van der Waals surface area contributed by atoms with E-state index in [1.165, 1.54) is 12.3 Å². The van der Waals surface area contributed by atoms with E-state index in [1.807, 2.05) is 20.8 Å². The van der Waals surface area contributed by atoms with Crippen LogP contribution in [0.15, 0.2) is 23.4 Å². The molecule has 1 saturated heterocycles. The molecule has 0 radical (unpaired) electrons. The van der Waals surface area contributed by atoms with E-state index in [0.717, 1.165) is 17.2 Å². The predicted molar refractivity (Wildman–Crippen MR) is 87.5 cm³/mol. The number of carbonyl (C=O) groups excluding carboxylic acids is 1. The molecule has 0 spiro atoms. The van der Waals surface area contributed by atoms with Gasteiger partial charge in [-0.1, -0.05) is 0 Å². The first-order valence-corrected chi connectivity index (χ1v) is 8.44. The molecule has 1 atom stereocenters. The van der Waals surface area contributed by atoms with Gasteiger partial charge in [0, 0.05) is 24.9 Å². The van der Waals surface area contributed by atoms with E-state index in [9.17, 15) is 14.9 Å². The monoisotopic (exact) mass is 339 g/mol. The minimum atomic E-state index is -0.480. The van der Waals surface area contributed by atoms with Gasteiger partial charge in [0.15, 0.2) is 0 Å². The summed E-state index contributed by atoms with van der Waals surface area (Å²) in [6.45, 7) is 6.94. The van der Waals surface area contributed by atoms with Gasteiger partial charge in [-0.2, -0.15) is 0 Å². The van der Waals surface area contributed by atoms with Crippen molar-refractivity contribution in [3.05, 3.63) is 28.4 Å². The molecule has 0 aromatic carbocycles. The summed E-state index contributed by atoms with van der Waals surface area (Å²) in [6.07, 6.45) is 1.93. The minimum absolute atomic E-state index is 0.00804. The van der Waals surface area contributed by atoms with E-state index in [2.05, 4.69) is 4.98 Å². The second kappa shape index (κ2) is 7.16. The smallest absolute Gasteiger partial charge is 0.410 e. The van der Waals surface area contributed by atoms with Crippen molar-refractivity contribution in [2.24, 2.45) is 5.92 Å². The van der Waals surface area contributed by atoms with E-state index in [0.29, 0.717) is 19.0 Å². The Balaban J connectivity index is 1.79. The normalized spacial score (nSPS) is 18.0. The molecule has 1 unspecified atom stereocenters. The van der Waals surface area contributed by atoms with Gasteiger partial charge >= 0.3 is 6.09 Å². The van der Waals surface area contributed by atoms with E-state index in [4.69, 9.17) is 4.74 Å². The van der Waals surface area contributed by atoms with E-state index in [-0.39, 0.29) is 11.8 Å². The highest BCUT2D eigenvalue weighted by Gasteiger charge is 2.29. The first kappa shape index (κ1) is 17.5. The number of pyridine rings is 1. The van der Waals surface area contributed by atoms with Crippen LogP contribution >= 0.6 is 11.8 Å². The number of rotatable bonds is 4. The largest absolute Gasteiger partial charge is 0.444 e. The van der Waals surface area contributed by atoms with Gasteiger partial charge < -0.3 is 9.64 Å². The van der Waals surface area contributed by atoms with Crippen molar-refractivity contribution in [2.75, 3.05) is 18.8 Å². The van der Waals surface area contributed by atoms with E-state index < -0.39 is 10.5 Å². The molecular weight excluding hydrogens is 318 g/mol. The van der Waals surface area contributed by atoms with Crippen molar-refractivity contribution >= 4 is 23.5 Å². The molecule has 1 amide bonds. The van der Waals surface area contributed by atoms with Crippen LogP contribution in [-0.4, -0.2) is 45.3 Å².